The number of para-hydroxylation sites is 1. The smallest absolute Gasteiger partial charge is 0.336 e. The van der Waals surface area contributed by atoms with Crippen molar-refractivity contribution in [1.82, 2.24) is 10.6 Å². The van der Waals surface area contributed by atoms with E-state index in [0.29, 0.717) is 42.0 Å². The molecule has 45 heavy (non-hydrogen) atoms. The molecule has 244 valence electrons. The van der Waals surface area contributed by atoms with Crippen LogP contribution >= 0.6 is 0 Å². The molecule has 1 aliphatic rings. The van der Waals surface area contributed by atoms with E-state index in [0.717, 1.165) is 50.8 Å². The molecule has 0 radical (unpaired) electrons. The average molecular weight is 624 g/mol. The molecule has 1 aliphatic heterocycles. The molecule has 0 saturated heterocycles. The van der Waals surface area contributed by atoms with E-state index in [-0.39, 0.29) is 16.8 Å². The molecule has 0 aliphatic carbocycles. The van der Waals surface area contributed by atoms with E-state index < -0.39 is 22.8 Å². The zero-order valence-electron chi connectivity index (χ0n) is 26.9. The fraction of sp³-hybridized carbons (Fsp3) is 0.471. The van der Waals surface area contributed by atoms with Crippen molar-refractivity contribution in [1.29, 1.82) is 0 Å². The zero-order valence-corrected chi connectivity index (χ0v) is 26.9. The predicted octanol–water partition coefficient (Wildman–Crippen LogP) is 5.95. The molecule has 2 N–H and O–H groups in total. The summed E-state index contributed by atoms with van der Waals surface area (Å²) in [4.78, 5) is 37.2. The Bertz CT molecular complexity index is 1330. The fourth-order valence-electron chi connectivity index (χ4n) is 5.47. The molecule has 1 heterocycles. The summed E-state index contributed by atoms with van der Waals surface area (Å²) in [5, 5.41) is 18.5. The zero-order chi connectivity index (χ0) is 32.8. The summed E-state index contributed by atoms with van der Waals surface area (Å²) >= 11 is 0. The quantitative estimate of drug-likeness (QED) is 0.0886. The molecule has 0 aromatic heterocycles. The lowest BCUT2D eigenvalue weighted by atomic mass is 9.80. The van der Waals surface area contributed by atoms with Crippen LogP contribution in [0.4, 0.5) is 5.69 Å². The number of dihydropyridines is 1. The first-order chi connectivity index (χ1) is 21.7. The molecule has 0 fully saturated rings. The van der Waals surface area contributed by atoms with Gasteiger partial charge in [-0.25, -0.2) is 9.59 Å². The van der Waals surface area contributed by atoms with Gasteiger partial charge in [0.25, 0.3) is 5.69 Å². The van der Waals surface area contributed by atoms with Gasteiger partial charge in [0.2, 0.25) is 0 Å². The first-order valence-electron chi connectivity index (χ1n) is 15.4. The highest BCUT2D eigenvalue weighted by molar-refractivity contribution is 6.00. The molecule has 2 aromatic carbocycles. The van der Waals surface area contributed by atoms with Gasteiger partial charge in [-0.05, 0) is 64.3 Å². The standard InChI is InChI=1S/C34H45N3O8/c1-6-7-13-25(35-19-12-21-44-27-15-9-8-10-16-27)14-11-20-45-29-18-17-26(37(40)41)22-28(29)32-30(33(38)42-4)23(2)36-24(3)31(32)34(39)43-5/h8-10,15-18,22,25,32,35-36H,6-7,11-14,19-21H2,1-5H3. The Morgan fingerprint density at radius 3 is 2.13 bits per heavy atom. The molecule has 11 heteroatoms. The number of rotatable bonds is 18. The van der Waals surface area contributed by atoms with Crippen molar-refractivity contribution in [2.75, 3.05) is 34.0 Å². The molecule has 11 nitrogen and oxygen atoms in total. The van der Waals surface area contributed by atoms with Crippen LogP contribution in [0.2, 0.25) is 0 Å². The number of nitrogens with zero attached hydrogens (tertiary/aromatic N) is 1. The Morgan fingerprint density at radius 1 is 0.911 bits per heavy atom. The van der Waals surface area contributed by atoms with Gasteiger partial charge in [0, 0.05) is 35.1 Å². The minimum atomic E-state index is -1.00. The topological polar surface area (TPSA) is 138 Å². The van der Waals surface area contributed by atoms with E-state index in [1.807, 2.05) is 30.3 Å². The monoisotopic (exact) mass is 623 g/mol. The number of esters is 2. The Kier molecular flexibility index (Phi) is 13.9. The maximum absolute atomic E-state index is 13.0. The summed E-state index contributed by atoms with van der Waals surface area (Å²) in [5.74, 6) is -1.14. The molecule has 2 aromatic rings. The van der Waals surface area contributed by atoms with Crippen molar-refractivity contribution in [2.24, 2.45) is 0 Å². The van der Waals surface area contributed by atoms with Crippen molar-refractivity contribution in [3.63, 3.8) is 0 Å². The van der Waals surface area contributed by atoms with E-state index in [1.54, 1.807) is 13.8 Å². The van der Waals surface area contributed by atoms with Gasteiger partial charge in [-0.2, -0.15) is 0 Å². The minimum absolute atomic E-state index is 0.147. The lowest BCUT2D eigenvalue weighted by Gasteiger charge is -2.30. The van der Waals surface area contributed by atoms with Gasteiger partial charge >= 0.3 is 11.9 Å². The van der Waals surface area contributed by atoms with Crippen LogP contribution in [-0.2, 0) is 19.1 Å². The highest BCUT2D eigenvalue weighted by atomic mass is 16.6. The van der Waals surface area contributed by atoms with Crippen molar-refractivity contribution >= 4 is 17.6 Å². The van der Waals surface area contributed by atoms with Crippen molar-refractivity contribution in [3.05, 3.63) is 86.7 Å². The Labute approximate surface area is 265 Å². The van der Waals surface area contributed by atoms with Gasteiger partial charge in [0.05, 0.1) is 49.4 Å². The highest BCUT2D eigenvalue weighted by Gasteiger charge is 2.39. The third-order valence-corrected chi connectivity index (χ3v) is 7.71. The van der Waals surface area contributed by atoms with Crippen LogP contribution in [0.3, 0.4) is 0 Å². The van der Waals surface area contributed by atoms with Crippen molar-refractivity contribution in [3.8, 4) is 11.5 Å². The fourth-order valence-corrected chi connectivity index (χ4v) is 5.47. The van der Waals surface area contributed by atoms with Crippen LogP contribution in [0.5, 0.6) is 11.5 Å². The minimum Gasteiger partial charge on any atom is -0.494 e. The van der Waals surface area contributed by atoms with E-state index in [4.69, 9.17) is 18.9 Å². The van der Waals surface area contributed by atoms with E-state index in [1.165, 1.54) is 32.4 Å². The number of hydrogen-bond donors (Lipinski definition) is 2. The summed E-state index contributed by atoms with van der Waals surface area (Å²) in [7, 11) is 2.49. The first kappa shape index (κ1) is 35.1. The second kappa shape index (κ2) is 17.8. The van der Waals surface area contributed by atoms with Crippen LogP contribution in [0.1, 0.15) is 70.8 Å². The third kappa shape index (κ3) is 9.81. The van der Waals surface area contributed by atoms with Crippen LogP contribution in [-0.4, -0.2) is 56.9 Å². The number of nitrogens with one attached hydrogen (secondary N) is 2. The second-order valence-electron chi connectivity index (χ2n) is 10.9. The number of methoxy groups -OCH3 is 2. The van der Waals surface area contributed by atoms with Gasteiger partial charge in [-0.3, -0.25) is 10.1 Å². The maximum atomic E-state index is 13.0. The highest BCUT2D eigenvalue weighted by Crippen LogP contribution is 2.44. The van der Waals surface area contributed by atoms with Crippen molar-refractivity contribution < 1.29 is 33.5 Å². The lowest BCUT2D eigenvalue weighted by Crippen LogP contribution is -2.32. The SMILES string of the molecule is CCCCC(CCCOc1ccc([N+](=O)[O-])cc1C1C(C(=O)OC)=C(C)NC(C)=C1C(=O)OC)NCCCOc1ccccc1. The second-order valence-corrected chi connectivity index (χ2v) is 10.9. The number of hydrogen-bond acceptors (Lipinski definition) is 10. The molecule has 0 amide bonds. The summed E-state index contributed by atoms with van der Waals surface area (Å²) in [6, 6.07) is 14.3. The number of allylic oxidation sites excluding steroid dienone is 2. The molecule has 0 spiro atoms. The number of carbonyl (C=O) groups excluding carboxylic acids is 2. The normalized spacial score (nSPS) is 14.1. The average Bonchev–Trinajstić information content (AvgIpc) is 3.04. The summed E-state index contributed by atoms with van der Waals surface area (Å²) in [6.07, 6.45) is 5.70. The van der Waals surface area contributed by atoms with E-state index in [9.17, 15) is 19.7 Å². The number of nitro groups is 1. The molecule has 0 saturated carbocycles. The van der Waals surface area contributed by atoms with Crippen LogP contribution in [0.15, 0.2) is 71.1 Å². The van der Waals surface area contributed by atoms with Gasteiger partial charge in [-0.15, -0.1) is 0 Å². The van der Waals surface area contributed by atoms with Gasteiger partial charge in [0.1, 0.15) is 11.5 Å². The number of unbranched alkanes of at least 4 members (excludes halogenated alkanes) is 1. The number of benzene rings is 2. The van der Waals surface area contributed by atoms with E-state index in [2.05, 4.69) is 17.6 Å². The maximum Gasteiger partial charge on any atom is 0.336 e. The molecule has 1 atom stereocenters. The largest absolute Gasteiger partial charge is 0.494 e. The van der Waals surface area contributed by atoms with Gasteiger partial charge < -0.3 is 29.6 Å². The van der Waals surface area contributed by atoms with Gasteiger partial charge in [-0.1, -0.05) is 38.0 Å². The summed E-state index contributed by atoms with van der Waals surface area (Å²) in [5.41, 5.74) is 1.34. The van der Waals surface area contributed by atoms with Crippen LogP contribution in [0, 0.1) is 10.1 Å². The molecule has 3 rings (SSSR count). The number of nitro benzene ring substituents is 1. The first-order valence-corrected chi connectivity index (χ1v) is 15.4. The lowest BCUT2D eigenvalue weighted by molar-refractivity contribution is -0.384. The van der Waals surface area contributed by atoms with Crippen molar-refractivity contribution in [2.45, 2.75) is 71.3 Å². The number of ether oxygens (including phenoxy) is 4. The van der Waals surface area contributed by atoms with Gasteiger partial charge in [0.15, 0.2) is 0 Å². The summed E-state index contributed by atoms with van der Waals surface area (Å²) < 4.78 is 22.1. The molecular formula is C34H45N3O8. The number of non-ortho nitro benzene ring substituents is 1. The van der Waals surface area contributed by atoms with Crippen LogP contribution < -0.4 is 20.1 Å². The third-order valence-electron chi connectivity index (χ3n) is 7.71. The predicted molar refractivity (Wildman–Crippen MR) is 171 cm³/mol. The van der Waals surface area contributed by atoms with Crippen LogP contribution in [0.25, 0.3) is 0 Å². The molecule has 1 unspecified atom stereocenters. The summed E-state index contributed by atoms with van der Waals surface area (Å²) in [6.45, 7) is 7.33. The Balaban J connectivity index is 1.75. The molecular weight excluding hydrogens is 578 g/mol. The Hall–Kier alpha value is -4.38. The number of carbonyl (C=O) groups is 2. The molecule has 0 bridgehead atoms. The Morgan fingerprint density at radius 2 is 1.53 bits per heavy atom. The van der Waals surface area contributed by atoms with E-state index >= 15 is 0 Å².